The van der Waals surface area contributed by atoms with Crippen LogP contribution in [0.4, 0.5) is 16.2 Å². The highest BCUT2D eigenvalue weighted by Gasteiger charge is 2.29. The summed E-state index contributed by atoms with van der Waals surface area (Å²) < 4.78 is 10.0. The van der Waals surface area contributed by atoms with E-state index in [1.165, 1.54) is 24.3 Å². The highest BCUT2D eigenvalue weighted by molar-refractivity contribution is 5.97. The molecule has 3 N–H and O–H groups in total. The van der Waals surface area contributed by atoms with Crippen molar-refractivity contribution in [3.05, 3.63) is 64.2 Å². The molecule has 1 heterocycles. The van der Waals surface area contributed by atoms with E-state index in [1.54, 1.807) is 49.9 Å². The third-order valence-electron chi connectivity index (χ3n) is 7.87. The largest absolute Gasteiger partial charge is 0.514 e. The third kappa shape index (κ3) is 11.5. The van der Waals surface area contributed by atoms with Crippen molar-refractivity contribution in [2.24, 2.45) is 17.8 Å². The van der Waals surface area contributed by atoms with Crippen LogP contribution in [-0.2, 0) is 35.3 Å². The number of piperidine rings is 1. The van der Waals surface area contributed by atoms with Gasteiger partial charge in [-0.05, 0) is 48.6 Å². The third-order valence-corrected chi connectivity index (χ3v) is 7.87. The van der Waals surface area contributed by atoms with Crippen molar-refractivity contribution in [2.45, 2.75) is 65.5 Å². The number of Topliss-reactive ketones (excluding diaryl/α,β-unsaturated/α-hetero) is 1. The molecule has 15 nitrogen and oxygen atoms in total. The minimum atomic E-state index is -1.00. The Hall–Kier alpha value is -5.34. The number of ketones is 1. The molecule has 2 aromatic rings. The molecule has 2 aromatic carbocycles. The molecule has 0 unspecified atom stereocenters. The van der Waals surface area contributed by atoms with Gasteiger partial charge in [-0.25, -0.2) is 4.79 Å². The zero-order chi connectivity index (χ0) is 35.4. The maximum atomic E-state index is 13.1. The topological polar surface area (TPSA) is 212 Å². The molecule has 3 amide bonds. The fraction of sp³-hybridized carbons (Fsp3) is 0.455. The van der Waals surface area contributed by atoms with Gasteiger partial charge in [0.1, 0.15) is 12.4 Å². The maximum absolute atomic E-state index is 13.1. The van der Waals surface area contributed by atoms with Crippen molar-refractivity contribution >= 4 is 47.0 Å². The first-order chi connectivity index (χ1) is 22.7. The number of hydrogen-bond donors (Lipinski definition) is 3. The van der Waals surface area contributed by atoms with Crippen LogP contribution in [0.3, 0.4) is 0 Å². The van der Waals surface area contributed by atoms with Crippen molar-refractivity contribution in [1.82, 2.24) is 10.2 Å². The highest BCUT2D eigenvalue weighted by Crippen LogP contribution is 2.20. The Morgan fingerprint density at radius 1 is 0.958 bits per heavy atom. The molecule has 1 aliphatic heterocycles. The predicted molar refractivity (Wildman–Crippen MR) is 171 cm³/mol. The molecule has 1 aliphatic rings. The van der Waals surface area contributed by atoms with E-state index in [-0.39, 0.29) is 54.9 Å². The quantitative estimate of drug-likeness (QED) is 0.106. The smallest absolute Gasteiger partial charge is 0.481 e. The number of benzene rings is 2. The van der Waals surface area contributed by atoms with E-state index in [2.05, 4.69) is 10.6 Å². The molecule has 48 heavy (non-hydrogen) atoms. The average molecular weight is 669 g/mol. The van der Waals surface area contributed by atoms with Crippen molar-refractivity contribution in [3.8, 4) is 5.75 Å². The molecule has 15 heteroatoms. The van der Waals surface area contributed by atoms with Gasteiger partial charge in [-0.15, -0.1) is 0 Å². The average Bonchev–Trinajstić information content (AvgIpc) is 3.05. The summed E-state index contributed by atoms with van der Waals surface area (Å²) in [5, 5.41) is 25.3. The Morgan fingerprint density at radius 3 is 2.15 bits per heavy atom. The molecule has 0 aliphatic carbocycles. The Bertz CT molecular complexity index is 1480. The van der Waals surface area contributed by atoms with Gasteiger partial charge in [0.15, 0.2) is 5.78 Å². The van der Waals surface area contributed by atoms with Crippen LogP contribution in [-0.4, -0.2) is 69.7 Å². The van der Waals surface area contributed by atoms with Gasteiger partial charge in [0.25, 0.3) is 5.69 Å². The number of hydrogen-bond acceptors (Lipinski definition) is 10. The van der Waals surface area contributed by atoms with E-state index < -0.39 is 46.7 Å². The number of nitrogens with zero attached hydrogens (tertiary/aromatic N) is 2. The number of nitro groups is 1. The van der Waals surface area contributed by atoms with Crippen molar-refractivity contribution in [2.75, 3.05) is 18.4 Å². The number of anilines is 1. The van der Waals surface area contributed by atoms with Crippen LogP contribution in [0.1, 0.15) is 58.4 Å². The summed E-state index contributed by atoms with van der Waals surface area (Å²) in [4.78, 5) is 85.8. The van der Waals surface area contributed by atoms with E-state index in [0.29, 0.717) is 37.2 Å². The van der Waals surface area contributed by atoms with Crippen LogP contribution in [0.5, 0.6) is 5.75 Å². The minimum absolute atomic E-state index is 0.0570. The van der Waals surface area contributed by atoms with E-state index in [1.807, 2.05) is 0 Å². The molecule has 0 aromatic heterocycles. The van der Waals surface area contributed by atoms with E-state index in [9.17, 15) is 38.9 Å². The predicted octanol–water partition coefficient (Wildman–Crippen LogP) is 4.09. The lowest BCUT2D eigenvalue weighted by Crippen LogP contribution is -2.46. The second kappa shape index (κ2) is 17.5. The number of nitrogens with one attached hydrogen (secondary N) is 2. The monoisotopic (exact) mass is 668 g/mol. The van der Waals surface area contributed by atoms with Crippen LogP contribution in [0.15, 0.2) is 48.5 Å². The van der Waals surface area contributed by atoms with Gasteiger partial charge >= 0.3 is 12.1 Å². The Balaban J connectivity index is 1.41. The second-order valence-corrected chi connectivity index (χ2v) is 11.9. The molecule has 2 atom stereocenters. The first kappa shape index (κ1) is 37.1. The van der Waals surface area contributed by atoms with Gasteiger partial charge < -0.3 is 30.1 Å². The lowest BCUT2D eigenvalue weighted by atomic mass is 9.92. The lowest BCUT2D eigenvalue weighted by Gasteiger charge is -2.30. The molecular weight excluding hydrogens is 628 g/mol. The van der Waals surface area contributed by atoms with Crippen LogP contribution < -0.4 is 15.4 Å². The van der Waals surface area contributed by atoms with Crippen molar-refractivity contribution < 1.29 is 48.3 Å². The first-order valence-electron chi connectivity index (χ1n) is 15.5. The highest BCUT2D eigenvalue weighted by atomic mass is 16.7. The van der Waals surface area contributed by atoms with Crippen molar-refractivity contribution in [3.63, 3.8) is 0 Å². The zero-order valence-corrected chi connectivity index (χ0v) is 27.0. The molecule has 3 rings (SSSR count). The fourth-order valence-corrected chi connectivity index (χ4v) is 4.99. The summed E-state index contributed by atoms with van der Waals surface area (Å²) >= 11 is 0. The normalized spacial score (nSPS) is 14.4. The zero-order valence-electron chi connectivity index (χ0n) is 27.0. The molecule has 0 bridgehead atoms. The first-order valence-corrected chi connectivity index (χ1v) is 15.5. The lowest BCUT2D eigenvalue weighted by molar-refractivity contribution is -0.384. The fourth-order valence-electron chi connectivity index (χ4n) is 4.99. The standard InChI is InChI=1S/C33H40N4O11/c1-20(2)30(35-28(39)12-13-29(40)36-16-14-23(15-17-36)32(42)43)27(38)18-21(3)31(41)34-24-6-4-22(5-7-24)19-47-33(44)48-26-10-8-25(9-11-26)37(45)46/h4-11,20-21,23,30H,12-19H2,1-3H3,(H,34,41)(H,35,39)(H,42,43)/t21-,30+/m1/s1. The number of ether oxygens (including phenoxy) is 2. The second-order valence-electron chi connectivity index (χ2n) is 11.9. The number of rotatable bonds is 15. The SMILES string of the molecule is CC(C)[C@H](NC(=O)CCC(=O)N1CCC(C(=O)O)CC1)C(=O)C[C@@H](C)C(=O)Nc1ccc(COC(=O)Oc2ccc([N+](=O)[O-])cc2)cc1. The van der Waals surface area contributed by atoms with Crippen LogP contribution in [0.2, 0.25) is 0 Å². The van der Waals surface area contributed by atoms with Crippen LogP contribution in [0.25, 0.3) is 0 Å². The van der Waals surface area contributed by atoms with Crippen molar-refractivity contribution in [1.29, 1.82) is 0 Å². The number of aliphatic carboxylic acids is 1. The van der Waals surface area contributed by atoms with Gasteiger partial charge in [-0.2, -0.15) is 0 Å². The molecule has 0 spiro atoms. The summed E-state index contributed by atoms with van der Waals surface area (Å²) in [6, 6.07) is 10.5. The summed E-state index contributed by atoms with van der Waals surface area (Å²) in [6.45, 7) is 5.66. The summed E-state index contributed by atoms with van der Waals surface area (Å²) in [5.74, 6) is -3.68. The van der Waals surface area contributed by atoms with Crippen LogP contribution >= 0.6 is 0 Å². The Morgan fingerprint density at radius 2 is 1.58 bits per heavy atom. The minimum Gasteiger partial charge on any atom is -0.481 e. The molecule has 1 saturated heterocycles. The van der Waals surface area contributed by atoms with Crippen LogP contribution in [0, 0.1) is 27.9 Å². The Labute approximate surface area is 277 Å². The van der Waals surface area contributed by atoms with Gasteiger partial charge in [0.2, 0.25) is 17.7 Å². The van der Waals surface area contributed by atoms with Gasteiger partial charge in [0.05, 0.1) is 16.9 Å². The maximum Gasteiger partial charge on any atom is 0.514 e. The summed E-state index contributed by atoms with van der Waals surface area (Å²) in [6.07, 6.45) is -0.564. The van der Waals surface area contributed by atoms with Gasteiger partial charge in [0, 0.05) is 56.1 Å². The number of nitro benzene ring substituents is 1. The number of carbonyl (C=O) groups is 6. The number of carbonyl (C=O) groups excluding carboxylic acids is 5. The van der Waals surface area contributed by atoms with E-state index >= 15 is 0 Å². The van der Waals surface area contributed by atoms with E-state index in [4.69, 9.17) is 14.6 Å². The molecule has 0 saturated carbocycles. The summed E-state index contributed by atoms with van der Waals surface area (Å²) in [5.41, 5.74) is 0.891. The number of non-ortho nitro benzene ring substituents is 1. The number of carboxylic acid groups (broad SMARTS) is 1. The molecule has 1 fully saturated rings. The van der Waals surface area contributed by atoms with Gasteiger partial charge in [-0.3, -0.25) is 34.1 Å². The number of amides is 3. The molecule has 0 radical (unpaired) electrons. The Kier molecular flexibility index (Phi) is 13.6. The number of carboxylic acids is 1. The number of likely N-dealkylation sites (tertiary alicyclic amines) is 1. The van der Waals surface area contributed by atoms with Gasteiger partial charge in [-0.1, -0.05) is 32.9 Å². The van der Waals surface area contributed by atoms with E-state index in [0.717, 1.165) is 0 Å². The molecule has 258 valence electrons. The summed E-state index contributed by atoms with van der Waals surface area (Å²) in [7, 11) is 0. The molecular formula is C33H40N4O11.